The van der Waals surface area contributed by atoms with Crippen molar-refractivity contribution in [3.05, 3.63) is 0 Å². The van der Waals surface area contributed by atoms with Gasteiger partial charge in [0.2, 0.25) is 0 Å². The molecule has 646 valence electrons. The molecule has 2 aliphatic rings. The highest BCUT2D eigenvalue weighted by Gasteiger charge is 2.19. The van der Waals surface area contributed by atoms with E-state index in [1.54, 1.807) is 0 Å². The fourth-order valence-corrected chi connectivity index (χ4v) is 7.64. The van der Waals surface area contributed by atoms with Crippen molar-refractivity contribution in [2.45, 2.75) is 193 Å². The summed E-state index contributed by atoms with van der Waals surface area (Å²) in [5.41, 5.74) is 0. The second kappa shape index (κ2) is 94.6. The van der Waals surface area contributed by atoms with Gasteiger partial charge in [-0.05, 0) is 96.3 Å². The van der Waals surface area contributed by atoms with Gasteiger partial charge < -0.3 is 127 Å². The summed E-state index contributed by atoms with van der Waals surface area (Å²) in [7, 11) is 0. The topological polar surface area (TPSA) is 555 Å². The fourth-order valence-electron chi connectivity index (χ4n) is 7.64. The summed E-state index contributed by atoms with van der Waals surface area (Å²) in [5, 5.41) is 83.7. The smallest absolute Gasteiger partial charge is 0.314 e. The molecule has 0 atom stereocenters. The third-order valence-electron chi connectivity index (χ3n) is 13.2. The molecule has 0 amide bonds. The van der Waals surface area contributed by atoms with E-state index in [2.05, 4.69) is 4.74 Å². The van der Waals surface area contributed by atoms with Crippen LogP contribution in [0, 0.1) is 0 Å². The number of unbranched alkanes of at least 4 members (excludes halogenated alkanes) is 10. The average molecular weight is 1600 g/mol. The van der Waals surface area contributed by atoms with E-state index in [1.165, 1.54) is 0 Å². The molecule has 2 saturated heterocycles. The van der Waals surface area contributed by atoms with Crippen LogP contribution in [-0.2, 0) is 133 Å². The van der Waals surface area contributed by atoms with Crippen LogP contribution in [0.4, 0.5) is 0 Å². The van der Waals surface area contributed by atoms with Crippen LogP contribution in [0.15, 0.2) is 0 Å². The van der Waals surface area contributed by atoms with E-state index in [0.717, 1.165) is 51.4 Å². The molecule has 110 heavy (non-hydrogen) atoms. The molecule has 0 spiro atoms. The standard InChI is InChI=1S/C26H42O14.C18H34O8.2C6H14O4.C6H12O3.C6H10O2.C4H4O3/c27-21(28)9-11-25(33)37-13-5-1-3-7-23(31)39-19-17-35-15-16-36-18-20-40-24(32)8-4-2-6-14-38-26(34)12-10-22(29)30;19-9-5-1-3-7-17(21)25-15-13-23-11-12-24-14-16-26-18(22)8-4-2-6-10-20;2*7-1-3-9-5-6-10-4-2-8;7-5-3-1-2-4-6(8)9;7-6-4-2-1-3-5-8-6;5-3-1-2-4(6)7-3/h1-20H2,(H,27,28)(H,29,30);19-20H,1-16H2;2*7-8H,1-6H2;7H,1-5H2,(H,8,9);1-5H2;1-2H2. The molecule has 38 heteroatoms. The zero-order chi connectivity index (χ0) is 82.7. The van der Waals surface area contributed by atoms with Crippen molar-refractivity contribution < 1.29 is 184 Å². The predicted octanol–water partition coefficient (Wildman–Crippen LogP) is 2.84. The van der Waals surface area contributed by atoms with E-state index in [9.17, 15) is 57.5 Å². The summed E-state index contributed by atoms with van der Waals surface area (Å²) < 4.78 is 79.4. The molecule has 2 fully saturated rings. The first kappa shape index (κ1) is 112. The number of aliphatic carboxylic acids is 3. The maximum Gasteiger partial charge on any atom is 0.314 e. The Hall–Kier alpha value is -6.76. The Labute approximate surface area is 644 Å². The van der Waals surface area contributed by atoms with Gasteiger partial charge in [-0.1, -0.05) is 19.3 Å². The number of hydrogen-bond donors (Lipinski definition) is 10. The number of hydrogen-bond acceptors (Lipinski definition) is 35. The van der Waals surface area contributed by atoms with E-state index in [4.69, 9.17) is 122 Å². The number of carboxylic acid groups (broad SMARTS) is 3. The number of carbonyl (C=O) groups excluding carboxylic acids is 9. The first-order valence-corrected chi connectivity index (χ1v) is 37.6. The number of rotatable bonds is 65. The molecular formula is C72H130O38. The molecule has 0 bridgehead atoms. The minimum atomic E-state index is -1.05. The zero-order valence-corrected chi connectivity index (χ0v) is 64.3. The van der Waals surface area contributed by atoms with Crippen LogP contribution in [0.25, 0.3) is 0 Å². The number of ether oxygens (including phenoxy) is 16. The van der Waals surface area contributed by atoms with E-state index >= 15 is 0 Å². The van der Waals surface area contributed by atoms with Gasteiger partial charge in [-0.15, -0.1) is 0 Å². The maximum absolute atomic E-state index is 11.7. The van der Waals surface area contributed by atoms with E-state index < -0.39 is 41.8 Å². The van der Waals surface area contributed by atoms with E-state index in [-0.39, 0.29) is 200 Å². The molecular weight excluding hydrogens is 1470 g/mol. The fraction of sp³-hybridized carbons (Fsp3) is 0.833. The Morgan fingerprint density at radius 2 is 0.491 bits per heavy atom. The molecule has 2 aliphatic heterocycles. The highest BCUT2D eigenvalue weighted by Crippen LogP contribution is 2.09. The largest absolute Gasteiger partial charge is 0.481 e. The lowest BCUT2D eigenvalue weighted by atomic mass is 10.2. The van der Waals surface area contributed by atoms with Crippen LogP contribution in [0.1, 0.15) is 193 Å². The average Bonchev–Trinajstić information content (AvgIpc) is 1.84. The first-order chi connectivity index (χ1) is 53.2. The third-order valence-corrected chi connectivity index (χ3v) is 13.2. The maximum atomic E-state index is 11.7. The minimum absolute atomic E-state index is 0.0255. The molecule has 10 N–H and O–H groups in total. The van der Waals surface area contributed by atoms with Gasteiger partial charge in [-0.25, -0.2) is 0 Å². The summed E-state index contributed by atoms with van der Waals surface area (Å²) in [6.45, 7) is 8.01. The van der Waals surface area contributed by atoms with Gasteiger partial charge in [0, 0.05) is 58.3 Å². The minimum Gasteiger partial charge on any atom is -0.481 e. The number of cyclic esters (lactones) is 3. The van der Waals surface area contributed by atoms with Crippen molar-refractivity contribution in [3.63, 3.8) is 0 Å². The number of carboxylic acids is 3. The highest BCUT2D eigenvalue weighted by molar-refractivity contribution is 5.92. The predicted molar refractivity (Wildman–Crippen MR) is 385 cm³/mol. The van der Waals surface area contributed by atoms with Crippen LogP contribution in [0.5, 0.6) is 0 Å². The Morgan fingerprint density at radius 3 is 0.755 bits per heavy atom. The summed E-state index contributed by atoms with van der Waals surface area (Å²) in [4.78, 5) is 130. The Morgan fingerprint density at radius 1 is 0.236 bits per heavy atom. The Balaban J connectivity index is -0.000000441. The molecule has 38 nitrogen and oxygen atoms in total. The van der Waals surface area contributed by atoms with Crippen molar-refractivity contribution in [1.29, 1.82) is 0 Å². The molecule has 0 aromatic rings. The molecule has 2 rings (SSSR count). The summed E-state index contributed by atoms with van der Waals surface area (Å²) in [6.07, 6.45) is 15.3. The monoisotopic (exact) mass is 1600 g/mol. The van der Waals surface area contributed by atoms with Crippen molar-refractivity contribution in [1.82, 2.24) is 0 Å². The van der Waals surface area contributed by atoms with Gasteiger partial charge in [-0.2, -0.15) is 0 Å². The molecule has 0 aliphatic carbocycles. The van der Waals surface area contributed by atoms with Gasteiger partial charge in [0.15, 0.2) is 0 Å². The van der Waals surface area contributed by atoms with Gasteiger partial charge >= 0.3 is 71.6 Å². The number of carbonyl (C=O) groups is 12. The second-order valence-corrected chi connectivity index (χ2v) is 22.9. The summed E-state index contributed by atoms with van der Waals surface area (Å²) in [5.74, 6) is -5.98. The van der Waals surface area contributed by atoms with Crippen molar-refractivity contribution in [2.24, 2.45) is 0 Å². The van der Waals surface area contributed by atoms with E-state index in [0.29, 0.717) is 169 Å². The zero-order valence-electron chi connectivity index (χ0n) is 64.3. The van der Waals surface area contributed by atoms with Gasteiger partial charge in [0.05, 0.1) is 190 Å². The van der Waals surface area contributed by atoms with Crippen molar-refractivity contribution in [3.8, 4) is 0 Å². The quantitative estimate of drug-likeness (QED) is 0.0181. The van der Waals surface area contributed by atoms with Crippen LogP contribution in [-0.4, -0.2) is 321 Å². The van der Waals surface area contributed by atoms with Crippen molar-refractivity contribution >= 4 is 71.6 Å². The second-order valence-electron chi connectivity index (χ2n) is 22.9. The Kier molecular flexibility index (Phi) is 96.2. The van der Waals surface area contributed by atoms with Crippen LogP contribution in [0.2, 0.25) is 0 Å². The van der Waals surface area contributed by atoms with Crippen LogP contribution in [0.3, 0.4) is 0 Å². The lowest BCUT2D eigenvalue weighted by molar-refractivity contribution is -0.152. The molecule has 0 radical (unpaired) electrons. The van der Waals surface area contributed by atoms with E-state index in [1.807, 2.05) is 0 Å². The highest BCUT2D eigenvalue weighted by atomic mass is 16.6. The SMILES string of the molecule is O=C(CCCCCO)OCCOCCOCCOC(=O)CCCCCO.O=C(O)CCC(=O)OCCCCCC(=O)OCCOCCOCCOC(=O)CCCCCOC(=O)CCC(=O)O.O=C(O)CCCCCO.O=C1CCC(=O)O1.O=C1CCCCCO1.OCCOCCOCCO.OCCOCCOCCO. The molecule has 2 heterocycles. The number of aliphatic hydroxyl groups excluding tert-OH is 7. The van der Waals surface area contributed by atoms with Crippen LogP contribution >= 0.6 is 0 Å². The number of aliphatic hydroxyl groups is 7. The van der Waals surface area contributed by atoms with Crippen LogP contribution < -0.4 is 0 Å². The van der Waals surface area contributed by atoms with Gasteiger partial charge in [0.25, 0.3) is 0 Å². The summed E-state index contributed by atoms with van der Waals surface area (Å²) >= 11 is 0. The molecule has 0 aromatic heterocycles. The molecule has 0 saturated carbocycles. The third kappa shape index (κ3) is 108. The van der Waals surface area contributed by atoms with Gasteiger partial charge in [-0.3, -0.25) is 57.5 Å². The lowest BCUT2D eigenvalue weighted by Gasteiger charge is -2.08. The lowest BCUT2D eigenvalue weighted by Crippen LogP contribution is -2.15. The molecule has 0 unspecified atom stereocenters. The number of esters is 9. The van der Waals surface area contributed by atoms with Crippen molar-refractivity contribution in [2.75, 3.05) is 198 Å². The summed E-state index contributed by atoms with van der Waals surface area (Å²) in [6, 6.07) is 0. The Bertz CT molecular complexity index is 2040. The van der Waals surface area contributed by atoms with Gasteiger partial charge in [0.1, 0.15) is 26.4 Å². The molecule has 0 aromatic carbocycles. The normalized spacial score (nSPS) is 11.8. The first-order valence-electron chi connectivity index (χ1n) is 37.6.